The molecule has 0 spiro atoms. The molecule has 7 heteroatoms. The number of ether oxygens (including phenoxy) is 1. The molecule has 3 aromatic rings. The third kappa shape index (κ3) is 3.77. The second kappa shape index (κ2) is 8.44. The molecule has 1 N–H and O–H groups in total. The van der Waals surface area contributed by atoms with E-state index in [1.165, 1.54) is 17.4 Å². The summed E-state index contributed by atoms with van der Waals surface area (Å²) in [6.45, 7) is 4.17. The van der Waals surface area contributed by atoms with Gasteiger partial charge in [-0.25, -0.2) is 9.59 Å². The Balaban J connectivity index is 1.71. The van der Waals surface area contributed by atoms with E-state index in [1.807, 2.05) is 0 Å². The van der Waals surface area contributed by atoms with Gasteiger partial charge in [0.2, 0.25) is 0 Å². The van der Waals surface area contributed by atoms with Crippen LogP contribution < -0.4 is 10.9 Å². The average Bonchev–Trinajstić information content (AvgIpc) is 3.10. The number of thiophene rings is 1. The highest BCUT2D eigenvalue weighted by molar-refractivity contribution is 7.17. The Labute approximate surface area is 177 Å². The van der Waals surface area contributed by atoms with Crippen molar-refractivity contribution >= 4 is 39.2 Å². The van der Waals surface area contributed by atoms with Crippen molar-refractivity contribution in [2.45, 2.75) is 39.5 Å². The summed E-state index contributed by atoms with van der Waals surface area (Å²) in [7, 11) is 0. The van der Waals surface area contributed by atoms with Crippen molar-refractivity contribution < 1.29 is 18.7 Å². The number of amides is 1. The molecule has 0 fully saturated rings. The maximum atomic E-state index is 12.9. The van der Waals surface area contributed by atoms with Gasteiger partial charge in [0, 0.05) is 10.3 Å². The number of hydrogen-bond acceptors (Lipinski definition) is 6. The minimum Gasteiger partial charge on any atom is -0.462 e. The summed E-state index contributed by atoms with van der Waals surface area (Å²) in [6, 6.07) is 8.53. The van der Waals surface area contributed by atoms with Crippen molar-refractivity contribution in [3.05, 3.63) is 62.3 Å². The lowest BCUT2D eigenvalue weighted by Gasteiger charge is -2.20. The molecule has 1 aromatic carbocycles. The number of anilines is 1. The molecule has 156 valence electrons. The van der Waals surface area contributed by atoms with Gasteiger partial charge in [-0.3, -0.25) is 4.79 Å². The number of nitrogens with one attached hydrogen (secondary N) is 1. The molecule has 1 amide bonds. The van der Waals surface area contributed by atoms with Crippen molar-refractivity contribution in [2.24, 2.45) is 5.92 Å². The number of benzene rings is 1. The molecule has 4 rings (SSSR count). The summed E-state index contributed by atoms with van der Waals surface area (Å²) >= 11 is 1.40. The Morgan fingerprint density at radius 1 is 1.27 bits per heavy atom. The second-order valence-corrected chi connectivity index (χ2v) is 8.49. The van der Waals surface area contributed by atoms with Gasteiger partial charge in [-0.15, -0.1) is 11.3 Å². The van der Waals surface area contributed by atoms with Crippen molar-refractivity contribution in [2.75, 3.05) is 11.9 Å². The fourth-order valence-corrected chi connectivity index (χ4v) is 5.25. The molecule has 0 saturated heterocycles. The van der Waals surface area contributed by atoms with Gasteiger partial charge in [-0.2, -0.15) is 0 Å². The lowest BCUT2D eigenvalue weighted by molar-refractivity contribution is 0.0526. The Bertz CT molecular complexity index is 1180. The molecule has 0 saturated carbocycles. The zero-order valence-electron chi connectivity index (χ0n) is 16.9. The third-order valence-electron chi connectivity index (χ3n) is 5.54. The SMILES string of the molecule is CCOC(=O)c1c(NC(=O)c2cc3ccccc3oc2=O)sc2c1CC[C@@H](CC)C2. The highest BCUT2D eigenvalue weighted by Crippen LogP contribution is 2.41. The molecule has 0 radical (unpaired) electrons. The first-order valence-corrected chi connectivity index (χ1v) is 11.0. The standard InChI is InChI=1S/C23H23NO5S/c1-3-13-9-10-15-18(11-13)30-21(19(15)23(27)28-4-2)24-20(25)16-12-14-7-5-6-8-17(14)29-22(16)26/h5-8,12-13H,3-4,9-11H2,1-2H3,(H,24,25)/t13-/m1/s1. The minimum atomic E-state index is -0.712. The van der Waals surface area contributed by atoms with Crippen LogP contribution in [0, 0.1) is 5.92 Å². The van der Waals surface area contributed by atoms with Crippen LogP contribution in [0.4, 0.5) is 5.00 Å². The van der Waals surface area contributed by atoms with Crippen LogP contribution in [0.15, 0.2) is 39.5 Å². The van der Waals surface area contributed by atoms with Gasteiger partial charge in [-0.05, 0) is 49.8 Å². The van der Waals surface area contributed by atoms with Crippen LogP contribution in [0.1, 0.15) is 57.8 Å². The van der Waals surface area contributed by atoms with Crippen molar-refractivity contribution in [1.82, 2.24) is 0 Å². The molecule has 1 aliphatic rings. The number of fused-ring (bicyclic) bond motifs is 2. The van der Waals surface area contributed by atoms with E-state index < -0.39 is 17.5 Å². The minimum absolute atomic E-state index is 0.0960. The number of carbonyl (C=O) groups is 2. The lowest BCUT2D eigenvalue weighted by atomic mass is 9.85. The van der Waals surface area contributed by atoms with E-state index in [9.17, 15) is 14.4 Å². The quantitative estimate of drug-likeness (QED) is 0.469. The van der Waals surface area contributed by atoms with Crippen LogP contribution >= 0.6 is 11.3 Å². The first-order valence-electron chi connectivity index (χ1n) is 10.2. The summed E-state index contributed by atoms with van der Waals surface area (Å²) in [5, 5.41) is 3.87. The first-order chi connectivity index (χ1) is 14.5. The van der Waals surface area contributed by atoms with Crippen LogP contribution in [-0.2, 0) is 17.6 Å². The van der Waals surface area contributed by atoms with Crippen LogP contribution in [0.25, 0.3) is 11.0 Å². The average molecular weight is 426 g/mol. The number of carbonyl (C=O) groups excluding carboxylic acids is 2. The summed E-state index contributed by atoms with van der Waals surface area (Å²) < 4.78 is 10.5. The van der Waals surface area contributed by atoms with Gasteiger partial charge >= 0.3 is 11.6 Å². The van der Waals surface area contributed by atoms with E-state index in [1.54, 1.807) is 31.2 Å². The van der Waals surface area contributed by atoms with Gasteiger partial charge in [0.05, 0.1) is 12.2 Å². The smallest absolute Gasteiger partial charge is 0.349 e. The number of hydrogen-bond donors (Lipinski definition) is 1. The highest BCUT2D eigenvalue weighted by atomic mass is 32.1. The third-order valence-corrected chi connectivity index (χ3v) is 6.71. The van der Waals surface area contributed by atoms with Crippen molar-refractivity contribution in [1.29, 1.82) is 0 Å². The highest BCUT2D eigenvalue weighted by Gasteiger charge is 2.30. The lowest BCUT2D eigenvalue weighted by Crippen LogP contribution is -2.21. The first kappa shape index (κ1) is 20.3. The van der Waals surface area contributed by atoms with Gasteiger partial charge in [-0.1, -0.05) is 31.5 Å². The predicted octanol–water partition coefficient (Wildman–Crippen LogP) is 4.80. The summed E-state index contributed by atoms with van der Waals surface area (Å²) in [5.74, 6) is -0.459. The van der Waals surface area contributed by atoms with E-state index in [-0.39, 0.29) is 12.2 Å². The molecule has 0 unspecified atom stereocenters. The monoisotopic (exact) mass is 425 g/mol. The largest absolute Gasteiger partial charge is 0.462 e. The summed E-state index contributed by atoms with van der Waals surface area (Å²) in [5.41, 5.74) is 0.995. The van der Waals surface area contributed by atoms with E-state index in [0.717, 1.165) is 36.1 Å². The Kier molecular flexibility index (Phi) is 5.72. The Morgan fingerprint density at radius 2 is 2.07 bits per heavy atom. The molecular weight excluding hydrogens is 402 g/mol. The van der Waals surface area contributed by atoms with Gasteiger partial charge < -0.3 is 14.5 Å². The number of esters is 1. The molecular formula is C23H23NO5S. The summed E-state index contributed by atoms with van der Waals surface area (Å²) in [4.78, 5) is 39.0. The van der Waals surface area contributed by atoms with E-state index >= 15 is 0 Å². The molecule has 0 aliphatic heterocycles. The van der Waals surface area contributed by atoms with E-state index in [2.05, 4.69) is 12.2 Å². The summed E-state index contributed by atoms with van der Waals surface area (Å²) in [6.07, 6.45) is 3.75. The Morgan fingerprint density at radius 3 is 2.83 bits per heavy atom. The van der Waals surface area contributed by atoms with Crippen LogP contribution in [-0.4, -0.2) is 18.5 Å². The number of rotatable bonds is 5. The number of para-hydroxylation sites is 1. The van der Waals surface area contributed by atoms with Gasteiger partial charge in [0.15, 0.2) is 0 Å². The molecule has 6 nitrogen and oxygen atoms in total. The van der Waals surface area contributed by atoms with E-state index in [0.29, 0.717) is 27.5 Å². The van der Waals surface area contributed by atoms with Crippen molar-refractivity contribution in [3.8, 4) is 0 Å². The Hall–Kier alpha value is -2.93. The zero-order valence-corrected chi connectivity index (χ0v) is 17.8. The molecule has 2 aromatic heterocycles. The molecule has 1 aliphatic carbocycles. The second-order valence-electron chi connectivity index (χ2n) is 7.38. The molecule has 0 bridgehead atoms. The fourth-order valence-electron chi connectivity index (χ4n) is 3.90. The normalized spacial score (nSPS) is 15.6. The predicted molar refractivity (Wildman–Crippen MR) is 117 cm³/mol. The zero-order chi connectivity index (χ0) is 21.3. The fraction of sp³-hybridized carbons (Fsp3) is 0.348. The van der Waals surface area contributed by atoms with Crippen LogP contribution in [0.5, 0.6) is 0 Å². The maximum absolute atomic E-state index is 12.9. The topological polar surface area (TPSA) is 85.6 Å². The van der Waals surface area contributed by atoms with Crippen LogP contribution in [0.2, 0.25) is 0 Å². The van der Waals surface area contributed by atoms with Gasteiger partial charge in [0.1, 0.15) is 16.1 Å². The molecule has 1 atom stereocenters. The molecule has 30 heavy (non-hydrogen) atoms. The molecule has 2 heterocycles. The van der Waals surface area contributed by atoms with Crippen LogP contribution in [0.3, 0.4) is 0 Å². The van der Waals surface area contributed by atoms with Gasteiger partial charge in [0.25, 0.3) is 5.91 Å². The maximum Gasteiger partial charge on any atom is 0.349 e. The van der Waals surface area contributed by atoms with E-state index in [4.69, 9.17) is 9.15 Å². The van der Waals surface area contributed by atoms with Crippen molar-refractivity contribution in [3.63, 3.8) is 0 Å².